The van der Waals surface area contributed by atoms with Crippen LogP contribution in [-0.4, -0.2) is 22.3 Å². The first kappa shape index (κ1) is 19.2. The van der Waals surface area contributed by atoms with Crippen LogP contribution in [0.3, 0.4) is 0 Å². The summed E-state index contributed by atoms with van der Waals surface area (Å²) < 4.78 is 0. The van der Waals surface area contributed by atoms with Crippen LogP contribution in [0.15, 0.2) is 30.5 Å². The third-order valence-corrected chi connectivity index (χ3v) is 5.22. The molecule has 0 saturated heterocycles. The number of carbonyl (C=O) groups excluding carboxylic acids is 2. The average molecular weight is 365 g/mol. The van der Waals surface area contributed by atoms with E-state index in [-0.39, 0.29) is 17.7 Å². The van der Waals surface area contributed by atoms with Crippen LogP contribution in [0, 0.1) is 17.8 Å². The van der Waals surface area contributed by atoms with Gasteiger partial charge in [0.2, 0.25) is 11.8 Å². The molecule has 0 radical (unpaired) electrons. The van der Waals surface area contributed by atoms with Gasteiger partial charge in [-0.05, 0) is 44.2 Å². The molecule has 1 heterocycles. The molecule has 5 nitrogen and oxygen atoms in total. The lowest BCUT2D eigenvalue weighted by atomic mass is 9.81. The molecule has 1 saturated carbocycles. The van der Waals surface area contributed by atoms with E-state index in [0.717, 1.165) is 50.5 Å². The number of allylic oxidation sites excluding steroid dienone is 2. The van der Waals surface area contributed by atoms with Gasteiger partial charge in [0.15, 0.2) is 0 Å². The smallest absolute Gasteiger partial charge is 0.224 e. The fraction of sp³-hybridized carbons (Fsp3) is 0.500. The maximum Gasteiger partial charge on any atom is 0.224 e. The summed E-state index contributed by atoms with van der Waals surface area (Å²) in [5.41, 5.74) is 0.344. The second-order valence-corrected chi connectivity index (χ2v) is 7.48. The molecule has 3 rings (SSSR count). The molecular formula is C22H27N3O2. The number of nitrogens with zero attached hydrogens (tertiary/aromatic N) is 1. The molecule has 2 N–H and O–H groups in total. The fourth-order valence-electron chi connectivity index (χ4n) is 3.72. The maximum absolute atomic E-state index is 12.8. The molecule has 1 aromatic rings. The summed E-state index contributed by atoms with van der Waals surface area (Å²) in [6.45, 7) is 1.45. The highest BCUT2D eigenvalue weighted by Gasteiger charge is 2.33. The molecule has 2 amide bonds. The molecular weight excluding hydrogens is 338 g/mol. The van der Waals surface area contributed by atoms with Crippen molar-refractivity contribution >= 4 is 17.6 Å². The Morgan fingerprint density at radius 2 is 2.00 bits per heavy atom. The Kier molecular flexibility index (Phi) is 6.28. The number of rotatable bonds is 3. The van der Waals surface area contributed by atoms with E-state index >= 15 is 0 Å². The van der Waals surface area contributed by atoms with E-state index in [0.29, 0.717) is 5.82 Å². The quantitative estimate of drug-likeness (QED) is 0.635. The number of hydrogen-bond donors (Lipinski definition) is 2. The Hall–Kier alpha value is -2.61. The number of aromatic nitrogens is 1. The summed E-state index contributed by atoms with van der Waals surface area (Å²) in [4.78, 5) is 28.1. The first-order valence-electron chi connectivity index (χ1n) is 9.80. The summed E-state index contributed by atoms with van der Waals surface area (Å²) >= 11 is 0. The van der Waals surface area contributed by atoms with E-state index in [1.807, 2.05) is 6.07 Å². The zero-order chi connectivity index (χ0) is 19.1. The molecule has 1 unspecified atom stereocenters. The summed E-state index contributed by atoms with van der Waals surface area (Å²) in [5, 5.41) is 5.93. The van der Waals surface area contributed by atoms with Crippen LogP contribution in [-0.2, 0) is 9.59 Å². The molecule has 0 spiro atoms. The Labute approximate surface area is 161 Å². The Morgan fingerprint density at radius 3 is 2.63 bits per heavy atom. The molecule has 1 fully saturated rings. The van der Waals surface area contributed by atoms with Gasteiger partial charge in [0.25, 0.3) is 0 Å². The highest BCUT2D eigenvalue weighted by Crippen LogP contribution is 2.29. The predicted octanol–water partition coefficient (Wildman–Crippen LogP) is 3.57. The summed E-state index contributed by atoms with van der Waals surface area (Å²) in [7, 11) is 0. The predicted molar refractivity (Wildman–Crippen MR) is 106 cm³/mol. The van der Waals surface area contributed by atoms with E-state index in [4.69, 9.17) is 0 Å². The van der Waals surface area contributed by atoms with Crippen molar-refractivity contribution in [2.75, 3.05) is 5.32 Å². The van der Waals surface area contributed by atoms with E-state index < -0.39 is 5.54 Å². The van der Waals surface area contributed by atoms with Crippen LogP contribution in [0.1, 0.15) is 63.9 Å². The maximum atomic E-state index is 12.8. The normalized spacial score (nSPS) is 20.9. The lowest BCUT2D eigenvalue weighted by Gasteiger charge is -2.35. The summed E-state index contributed by atoms with van der Waals surface area (Å²) in [5.74, 6) is 7.11. The molecule has 142 valence electrons. The van der Waals surface area contributed by atoms with Crippen LogP contribution >= 0.6 is 0 Å². The Balaban J connectivity index is 1.73. The highest BCUT2D eigenvalue weighted by atomic mass is 16.2. The largest absolute Gasteiger partial charge is 0.340 e. The van der Waals surface area contributed by atoms with Gasteiger partial charge >= 0.3 is 0 Å². The standard InChI is InChI=1S/C22H27N3O2/c1-17(26)24-20-11-10-18(16-23-20)12-15-22(13-6-3-7-14-22)25-21(27)19-8-4-2-5-9-19/h2,4,10-11,16,19H,3,5-9,13-14H2,1H3,(H,25,27)(H,23,24,26). The lowest BCUT2D eigenvalue weighted by molar-refractivity contribution is -0.127. The number of pyridine rings is 1. The summed E-state index contributed by atoms with van der Waals surface area (Å²) in [6, 6.07) is 3.58. The minimum absolute atomic E-state index is 0.0641. The van der Waals surface area contributed by atoms with Crippen LogP contribution < -0.4 is 10.6 Å². The van der Waals surface area contributed by atoms with Crippen molar-refractivity contribution in [3.63, 3.8) is 0 Å². The van der Waals surface area contributed by atoms with Gasteiger partial charge in [-0.25, -0.2) is 4.98 Å². The van der Waals surface area contributed by atoms with Gasteiger partial charge in [0, 0.05) is 24.6 Å². The minimum Gasteiger partial charge on any atom is -0.340 e. The van der Waals surface area contributed by atoms with Crippen molar-refractivity contribution in [1.82, 2.24) is 10.3 Å². The molecule has 27 heavy (non-hydrogen) atoms. The number of hydrogen-bond acceptors (Lipinski definition) is 3. The average Bonchev–Trinajstić information content (AvgIpc) is 2.68. The van der Waals surface area contributed by atoms with Crippen molar-refractivity contribution in [3.05, 3.63) is 36.0 Å². The Bertz CT molecular complexity index is 765. The van der Waals surface area contributed by atoms with Gasteiger partial charge in [-0.15, -0.1) is 0 Å². The Morgan fingerprint density at radius 1 is 1.19 bits per heavy atom. The van der Waals surface area contributed by atoms with Gasteiger partial charge in [-0.1, -0.05) is 43.3 Å². The lowest BCUT2D eigenvalue weighted by Crippen LogP contribution is -2.50. The molecule has 2 aliphatic rings. The van der Waals surface area contributed by atoms with Crippen molar-refractivity contribution in [1.29, 1.82) is 0 Å². The molecule has 5 heteroatoms. The van der Waals surface area contributed by atoms with E-state index in [2.05, 4.69) is 39.6 Å². The first-order valence-corrected chi connectivity index (χ1v) is 9.80. The number of nitrogens with one attached hydrogen (secondary N) is 2. The molecule has 1 atom stereocenters. The summed E-state index contributed by atoms with van der Waals surface area (Å²) in [6.07, 6.45) is 13.8. The van der Waals surface area contributed by atoms with Crippen molar-refractivity contribution in [2.24, 2.45) is 5.92 Å². The van der Waals surface area contributed by atoms with E-state index in [1.54, 1.807) is 12.3 Å². The van der Waals surface area contributed by atoms with Crippen LogP contribution in [0.25, 0.3) is 0 Å². The van der Waals surface area contributed by atoms with Crippen molar-refractivity contribution < 1.29 is 9.59 Å². The number of amides is 2. The van der Waals surface area contributed by atoms with Crippen LogP contribution in [0.4, 0.5) is 5.82 Å². The van der Waals surface area contributed by atoms with Gasteiger partial charge in [0.05, 0.1) is 0 Å². The fourth-order valence-corrected chi connectivity index (χ4v) is 3.72. The zero-order valence-electron chi connectivity index (χ0n) is 15.9. The van der Waals surface area contributed by atoms with Gasteiger partial charge < -0.3 is 10.6 Å². The molecule has 0 bridgehead atoms. The van der Waals surface area contributed by atoms with Crippen molar-refractivity contribution in [2.45, 2.75) is 63.8 Å². The topological polar surface area (TPSA) is 71.1 Å². The van der Waals surface area contributed by atoms with E-state index in [1.165, 1.54) is 13.3 Å². The molecule has 0 aromatic carbocycles. The number of anilines is 1. The van der Waals surface area contributed by atoms with Crippen LogP contribution in [0.5, 0.6) is 0 Å². The van der Waals surface area contributed by atoms with Crippen molar-refractivity contribution in [3.8, 4) is 11.8 Å². The van der Waals surface area contributed by atoms with Gasteiger partial charge in [0.1, 0.15) is 11.4 Å². The SMILES string of the molecule is CC(=O)Nc1ccc(C#CC2(NC(=O)C3CC=CCC3)CCCCC2)cn1. The first-order chi connectivity index (χ1) is 13.1. The number of carbonyl (C=O) groups is 2. The second-order valence-electron chi connectivity index (χ2n) is 7.48. The van der Waals surface area contributed by atoms with Crippen LogP contribution in [0.2, 0.25) is 0 Å². The van der Waals surface area contributed by atoms with Gasteiger partial charge in [-0.3, -0.25) is 9.59 Å². The van der Waals surface area contributed by atoms with Gasteiger partial charge in [-0.2, -0.15) is 0 Å². The molecule has 1 aromatic heterocycles. The monoisotopic (exact) mass is 365 g/mol. The van der Waals surface area contributed by atoms with E-state index in [9.17, 15) is 9.59 Å². The third kappa shape index (κ3) is 5.43. The highest BCUT2D eigenvalue weighted by molar-refractivity contribution is 5.87. The molecule has 0 aliphatic heterocycles. The zero-order valence-corrected chi connectivity index (χ0v) is 15.9. The second kappa shape index (κ2) is 8.85. The molecule has 2 aliphatic carbocycles. The third-order valence-electron chi connectivity index (χ3n) is 5.22. The minimum atomic E-state index is -0.438.